The molecule has 0 unspecified atom stereocenters. The molecule has 1 N–H and O–H groups in total. The van der Waals surface area contributed by atoms with Crippen LogP contribution in [0.5, 0.6) is 0 Å². The fraction of sp³-hybridized carbons (Fsp3) is 1.00. The summed E-state index contributed by atoms with van der Waals surface area (Å²) in [5.74, 6) is 0. The van der Waals surface area contributed by atoms with Gasteiger partial charge >= 0.3 is 0 Å². The summed E-state index contributed by atoms with van der Waals surface area (Å²) >= 11 is 0. The van der Waals surface area contributed by atoms with E-state index >= 15 is 0 Å². The number of rotatable bonds is 12. The third-order valence-corrected chi connectivity index (χ3v) is 3.40. The van der Waals surface area contributed by atoms with Crippen LogP contribution < -0.4 is 5.32 Å². The van der Waals surface area contributed by atoms with Gasteiger partial charge in [-0.3, -0.25) is 0 Å². The summed E-state index contributed by atoms with van der Waals surface area (Å²) in [6.45, 7) is 10.7. The zero-order valence-corrected chi connectivity index (χ0v) is 12.6. The molecule has 2 nitrogen and oxygen atoms in total. The van der Waals surface area contributed by atoms with Gasteiger partial charge in [-0.1, -0.05) is 32.6 Å². The molecule has 0 aromatic rings. The molecule has 0 spiro atoms. The van der Waals surface area contributed by atoms with Gasteiger partial charge in [-0.2, -0.15) is 0 Å². The van der Waals surface area contributed by atoms with Gasteiger partial charge in [0.1, 0.15) is 0 Å². The van der Waals surface area contributed by atoms with Crippen LogP contribution in [-0.4, -0.2) is 37.6 Å². The average Bonchev–Trinajstić information content (AvgIpc) is 2.31. The Bertz CT molecular complexity index is 146. The van der Waals surface area contributed by atoms with Gasteiger partial charge in [0.2, 0.25) is 0 Å². The van der Waals surface area contributed by atoms with Crippen LogP contribution >= 0.6 is 0 Å². The zero-order valence-electron chi connectivity index (χ0n) is 12.6. The van der Waals surface area contributed by atoms with Crippen molar-refractivity contribution < 1.29 is 0 Å². The molecular formula is C15H34N2. The highest BCUT2D eigenvalue weighted by Gasteiger charge is 2.07. The third kappa shape index (κ3) is 10.8. The van der Waals surface area contributed by atoms with Crippen molar-refractivity contribution in [2.24, 2.45) is 0 Å². The second-order valence-corrected chi connectivity index (χ2v) is 5.35. The predicted molar refractivity (Wildman–Crippen MR) is 78.6 cm³/mol. The number of nitrogens with one attached hydrogen (secondary N) is 1. The van der Waals surface area contributed by atoms with Gasteiger partial charge < -0.3 is 10.2 Å². The van der Waals surface area contributed by atoms with Crippen LogP contribution in [0.2, 0.25) is 0 Å². The monoisotopic (exact) mass is 242 g/mol. The largest absolute Gasteiger partial charge is 0.320 e. The summed E-state index contributed by atoms with van der Waals surface area (Å²) in [4.78, 5) is 2.65. The summed E-state index contributed by atoms with van der Waals surface area (Å²) < 4.78 is 0. The molecular weight excluding hydrogens is 208 g/mol. The first-order valence-electron chi connectivity index (χ1n) is 7.61. The normalized spacial score (nSPS) is 11.6. The highest BCUT2D eigenvalue weighted by Crippen LogP contribution is 2.07. The predicted octanol–water partition coefficient (Wildman–Crippen LogP) is 3.67. The summed E-state index contributed by atoms with van der Waals surface area (Å²) in [5.41, 5.74) is 0. The Morgan fingerprint density at radius 3 is 2.00 bits per heavy atom. The molecule has 0 fully saturated rings. The fourth-order valence-corrected chi connectivity index (χ4v) is 2.16. The van der Waals surface area contributed by atoms with E-state index in [9.17, 15) is 0 Å². The van der Waals surface area contributed by atoms with Gasteiger partial charge in [-0.05, 0) is 59.8 Å². The molecule has 17 heavy (non-hydrogen) atoms. The minimum Gasteiger partial charge on any atom is -0.320 e. The maximum absolute atomic E-state index is 3.21. The maximum Gasteiger partial charge on any atom is 0.00385 e. The number of hydrogen-bond acceptors (Lipinski definition) is 2. The lowest BCUT2D eigenvalue weighted by atomic mass is 10.1. The lowest BCUT2D eigenvalue weighted by Crippen LogP contribution is -2.32. The minimum atomic E-state index is 0.712. The zero-order chi connectivity index (χ0) is 12.9. The minimum absolute atomic E-state index is 0.712. The van der Waals surface area contributed by atoms with Crippen molar-refractivity contribution in [3.05, 3.63) is 0 Å². The molecule has 0 aromatic heterocycles. The summed E-state index contributed by atoms with van der Waals surface area (Å²) in [6.07, 6.45) is 9.54. The Hall–Kier alpha value is -0.0800. The number of hydrogen-bond donors (Lipinski definition) is 1. The van der Waals surface area contributed by atoms with Crippen LogP contribution in [0.4, 0.5) is 0 Å². The van der Waals surface area contributed by atoms with E-state index in [4.69, 9.17) is 0 Å². The molecule has 0 saturated carbocycles. The SMILES string of the molecule is CCCCCN(CCCCCCNC)C(C)C. The topological polar surface area (TPSA) is 15.3 Å². The number of unbranched alkanes of at least 4 members (excludes halogenated alkanes) is 5. The summed E-state index contributed by atoms with van der Waals surface area (Å²) in [6, 6.07) is 0.712. The van der Waals surface area contributed by atoms with E-state index in [0.717, 1.165) is 0 Å². The molecule has 0 rings (SSSR count). The van der Waals surface area contributed by atoms with Gasteiger partial charge in [0.05, 0.1) is 0 Å². The van der Waals surface area contributed by atoms with E-state index < -0.39 is 0 Å². The van der Waals surface area contributed by atoms with Gasteiger partial charge in [-0.15, -0.1) is 0 Å². The smallest absolute Gasteiger partial charge is 0.00385 e. The van der Waals surface area contributed by atoms with Gasteiger partial charge in [0.15, 0.2) is 0 Å². The Balaban J connectivity index is 3.49. The summed E-state index contributed by atoms with van der Waals surface area (Å²) in [5, 5.41) is 3.21. The molecule has 104 valence electrons. The van der Waals surface area contributed by atoms with Crippen LogP contribution in [0.15, 0.2) is 0 Å². The molecule has 0 aliphatic heterocycles. The fourth-order valence-electron chi connectivity index (χ4n) is 2.16. The van der Waals surface area contributed by atoms with Crippen LogP contribution in [-0.2, 0) is 0 Å². The first-order valence-corrected chi connectivity index (χ1v) is 7.61. The molecule has 0 atom stereocenters. The Labute approximate surface area is 109 Å². The van der Waals surface area contributed by atoms with E-state index in [-0.39, 0.29) is 0 Å². The van der Waals surface area contributed by atoms with Crippen molar-refractivity contribution in [1.29, 1.82) is 0 Å². The standard InChI is InChI=1S/C15H34N2/c1-5-6-10-13-17(15(2)3)14-11-8-7-9-12-16-4/h15-16H,5-14H2,1-4H3. The molecule has 0 radical (unpaired) electrons. The highest BCUT2D eigenvalue weighted by molar-refractivity contribution is 4.63. The first kappa shape index (κ1) is 16.9. The lowest BCUT2D eigenvalue weighted by molar-refractivity contribution is 0.212. The lowest BCUT2D eigenvalue weighted by Gasteiger charge is -2.26. The molecule has 0 bridgehead atoms. The molecule has 2 heteroatoms. The van der Waals surface area contributed by atoms with E-state index in [2.05, 4.69) is 31.0 Å². The molecule has 0 aromatic carbocycles. The first-order chi connectivity index (χ1) is 8.22. The van der Waals surface area contributed by atoms with Crippen LogP contribution in [0.1, 0.15) is 65.7 Å². The van der Waals surface area contributed by atoms with Crippen molar-refractivity contribution in [2.75, 3.05) is 26.7 Å². The second kappa shape index (κ2) is 12.4. The number of nitrogens with zero attached hydrogens (tertiary/aromatic N) is 1. The molecule has 0 heterocycles. The van der Waals surface area contributed by atoms with Gasteiger partial charge in [0, 0.05) is 6.04 Å². The Morgan fingerprint density at radius 2 is 1.47 bits per heavy atom. The maximum atomic E-state index is 3.21. The Kier molecular flexibility index (Phi) is 12.3. The quantitative estimate of drug-likeness (QED) is 0.525. The van der Waals surface area contributed by atoms with Crippen molar-refractivity contribution in [3.8, 4) is 0 Å². The van der Waals surface area contributed by atoms with Crippen LogP contribution in [0.25, 0.3) is 0 Å². The van der Waals surface area contributed by atoms with E-state index in [0.29, 0.717) is 6.04 Å². The van der Waals surface area contributed by atoms with Crippen molar-refractivity contribution >= 4 is 0 Å². The van der Waals surface area contributed by atoms with E-state index in [1.165, 1.54) is 64.6 Å². The highest BCUT2D eigenvalue weighted by atomic mass is 15.1. The van der Waals surface area contributed by atoms with Crippen LogP contribution in [0, 0.1) is 0 Å². The van der Waals surface area contributed by atoms with Crippen molar-refractivity contribution in [2.45, 2.75) is 71.8 Å². The van der Waals surface area contributed by atoms with Crippen molar-refractivity contribution in [3.63, 3.8) is 0 Å². The molecule has 0 aliphatic rings. The molecule has 0 aliphatic carbocycles. The van der Waals surface area contributed by atoms with Gasteiger partial charge in [-0.25, -0.2) is 0 Å². The average molecular weight is 242 g/mol. The third-order valence-electron chi connectivity index (χ3n) is 3.40. The summed E-state index contributed by atoms with van der Waals surface area (Å²) in [7, 11) is 2.04. The molecule has 0 amide bonds. The van der Waals surface area contributed by atoms with Crippen LogP contribution in [0.3, 0.4) is 0 Å². The molecule has 0 saturated heterocycles. The Morgan fingerprint density at radius 1 is 0.882 bits per heavy atom. The van der Waals surface area contributed by atoms with E-state index in [1.807, 2.05) is 7.05 Å². The van der Waals surface area contributed by atoms with Gasteiger partial charge in [0.25, 0.3) is 0 Å². The van der Waals surface area contributed by atoms with Crippen molar-refractivity contribution in [1.82, 2.24) is 10.2 Å². The second-order valence-electron chi connectivity index (χ2n) is 5.35. The van der Waals surface area contributed by atoms with E-state index in [1.54, 1.807) is 0 Å².